The Labute approximate surface area is 150 Å². The van der Waals surface area contributed by atoms with Gasteiger partial charge in [-0.3, -0.25) is 4.79 Å². The van der Waals surface area contributed by atoms with Crippen molar-refractivity contribution < 1.29 is 14.3 Å². The minimum atomic E-state index is -0.150. The van der Waals surface area contributed by atoms with Crippen LogP contribution in [0.3, 0.4) is 0 Å². The Kier molecular flexibility index (Phi) is 6.07. The van der Waals surface area contributed by atoms with Crippen molar-refractivity contribution in [1.29, 1.82) is 0 Å². The van der Waals surface area contributed by atoms with E-state index in [2.05, 4.69) is 50.4 Å². The lowest BCUT2D eigenvalue weighted by molar-refractivity contribution is -0.123. The molecule has 0 spiro atoms. The molecule has 1 N–H and O–H groups in total. The molecule has 2 aromatic carbocycles. The molecule has 25 heavy (non-hydrogen) atoms. The molecule has 0 saturated heterocycles. The van der Waals surface area contributed by atoms with Crippen LogP contribution in [-0.4, -0.2) is 19.6 Å². The SMILES string of the molecule is COc1ccc(OCC(=O)NC(C)c2ccc(C(C)(C)C)cc2)cc1. The van der Waals surface area contributed by atoms with Gasteiger partial charge < -0.3 is 14.8 Å². The number of benzene rings is 2. The molecule has 0 bridgehead atoms. The molecule has 1 atom stereocenters. The van der Waals surface area contributed by atoms with Crippen molar-refractivity contribution in [2.75, 3.05) is 13.7 Å². The summed E-state index contributed by atoms with van der Waals surface area (Å²) in [5.74, 6) is 1.24. The highest BCUT2D eigenvalue weighted by Gasteiger charge is 2.15. The van der Waals surface area contributed by atoms with Gasteiger partial charge in [0, 0.05) is 0 Å². The summed E-state index contributed by atoms with van der Waals surface area (Å²) >= 11 is 0. The molecule has 0 saturated carbocycles. The van der Waals surface area contributed by atoms with Crippen LogP contribution >= 0.6 is 0 Å². The lowest BCUT2D eigenvalue weighted by Gasteiger charge is -2.20. The number of amides is 1. The number of hydrogen-bond acceptors (Lipinski definition) is 3. The fourth-order valence-electron chi connectivity index (χ4n) is 2.46. The monoisotopic (exact) mass is 341 g/mol. The summed E-state index contributed by atoms with van der Waals surface area (Å²) in [6.07, 6.45) is 0. The van der Waals surface area contributed by atoms with Gasteiger partial charge in [0.1, 0.15) is 11.5 Å². The third kappa shape index (κ3) is 5.52. The van der Waals surface area contributed by atoms with E-state index >= 15 is 0 Å². The predicted molar refractivity (Wildman–Crippen MR) is 100 cm³/mol. The summed E-state index contributed by atoms with van der Waals surface area (Å²) in [5.41, 5.74) is 2.47. The van der Waals surface area contributed by atoms with Crippen molar-refractivity contribution in [1.82, 2.24) is 5.32 Å². The highest BCUT2D eigenvalue weighted by atomic mass is 16.5. The second kappa shape index (κ2) is 8.06. The Balaban J connectivity index is 1.86. The molecule has 4 nitrogen and oxygen atoms in total. The smallest absolute Gasteiger partial charge is 0.258 e. The van der Waals surface area contributed by atoms with Crippen LogP contribution in [0.25, 0.3) is 0 Å². The van der Waals surface area contributed by atoms with Crippen LogP contribution in [0.1, 0.15) is 44.9 Å². The summed E-state index contributed by atoms with van der Waals surface area (Å²) in [7, 11) is 1.61. The Bertz CT molecular complexity index is 685. The first-order valence-electron chi connectivity index (χ1n) is 8.46. The molecule has 1 amide bonds. The van der Waals surface area contributed by atoms with Crippen LogP contribution in [0.2, 0.25) is 0 Å². The van der Waals surface area contributed by atoms with Crippen molar-refractivity contribution >= 4 is 5.91 Å². The van der Waals surface area contributed by atoms with Gasteiger partial charge in [-0.2, -0.15) is 0 Å². The highest BCUT2D eigenvalue weighted by Crippen LogP contribution is 2.24. The van der Waals surface area contributed by atoms with E-state index in [0.29, 0.717) is 5.75 Å². The van der Waals surface area contributed by atoms with Gasteiger partial charge in [0.25, 0.3) is 5.91 Å². The Morgan fingerprint density at radius 2 is 1.56 bits per heavy atom. The lowest BCUT2D eigenvalue weighted by atomic mass is 9.86. The van der Waals surface area contributed by atoms with Crippen molar-refractivity contribution in [2.24, 2.45) is 0 Å². The van der Waals surface area contributed by atoms with Crippen molar-refractivity contribution in [3.05, 3.63) is 59.7 Å². The molecule has 2 rings (SSSR count). The minimum absolute atomic E-state index is 0.0171. The number of rotatable bonds is 6. The Morgan fingerprint density at radius 3 is 2.08 bits per heavy atom. The summed E-state index contributed by atoms with van der Waals surface area (Å²) in [4.78, 5) is 12.1. The van der Waals surface area contributed by atoms with Crippen molar-refractivity contribution in [3.63, 3.8) is 0 Å². The van der Waals surface area contributed by atoms with Crippen LogP contribution in [0.5, 0.6) is 11.5 Å². The van der Waals surface area contributed by atoms with E-state index in [-0.39, 0.29) is 24.0 Å². The molecule has 0 radical (unpaired) electrons. The van der Waals surface area contributed by atoms with Gasteiger partial charge in [0.2, 0.25) is 0 Å². The predicted octanol–water partition coefficient (Wildman–Crippen LogP) is 4.25. The Morgan fingerprint density at radius 1 is 1.00 bits per heavy atom. The fourth-order valence-corrected chi connectivity index (χ4v) is 2.46. The van der Waals surface area contributed by atoms with Gasteiger partial charge in [-0.15, -0.1) is 0 Å². The molecular weight excluding hydrogens is 314 g/mol. The van der Waals surface area contributed by atoms with Crippen LogP contribution < -0.4 is 14.8 Å². The summed E-state index contributed by atoms with van der Waals surface area (Å²) in [6, 6.07) is 15.4. The standard InChI is InChI=1S/C21H27NO3/c1-15(16-6-8-17(9-7-16)21(2,3)4)22-20(23)14-25-19-12-10-18(24-5)11-13-19/h6-13,15H,14H2,1-5H3,(H,22,23). The van der Waals surface area contributed by atoms with Crippen LogP contribution in [0, 0.1) is 0 Å². The van der Waals surface area contributed by atoms with Gasteiger partial charge in [0.05, 0.1) is 13.2 Å². The highest BCUT2D eigenvalue weighted by molar-refractivity contribution is 5.78. The number of nitrogens with one attached hydrogen (secondary N) is 1. The van der Waals surface area contributed by atoms with Gasteiger partial charge >= 0.3 is 0 Å². The van der Waals surface area contributed by atoms with E-state index in [0.717, 1.165) is 11.3 Å². The zero-order valence-corrected chi connectivity index (χ0v) is 15.6. The molecule has 4 heteroatoms. The van der Waals surface area contributed by atoms with Gasteiger partial charge in [-0.1, -0.05) is 45.0 Å². The second-order valence-electron chi connectivity index (χ2n) is 7.13. The van der Waals surface area contributed by atoms with E-state index in [1.165, 1.54) is 5.56 Å². The molecule has 0 heterocycles. The van der Waals surface area contributed by atoms with Crippen LogP contribution in [-0.2, 0) is 10.2 Å². The van der Waals surface area contributed by atoms with Crippen molar-refractivity contribution in [2.45, 2.75) is 39.2 Å². The van der Waals surface area contributed by atoms with Crippen LogP contribution in [0.15, 0.2) is 48.5 Å². The molecule has 0 aromatic heterocycles. The number of methoxy groups -OCH3 is 1. The third-order valence-electron chi connectivity index (χ3n) is 4.08. The molecule has 134 valence electrons. The van der Waals surface area contributed by atoms with Gasteiger partial charge in [-0.05, 0) is 47.7 Å². The van der Waals surface area contributed by atoms with Gasteiger partial charge in [0.15, 0.2) is 6.61 Å². The molecule has 1 unspecified atom stereocenters. The number of carbonyl (C=O) groups excluding carboxylic acids is 1. The maximum atomic E-state index is 12.1. The molecule has 2 aromatic rings. The molecular formula is C21H27NO3. The van der Waals surface area contributed by atoms with Gasteiger partial charge in [-0.25, -0.2) is 0 Å². The first-order chi connectivity index (χ1) is 11.8. The number of hydrogen-bond donors (Lipinski definition) is 1. The van der Waals surface area contributed by atoms with Crippen molar-refractivity contribution in [3.8, 4) is 11.5 Å². The third-order valence-corrected chi connectivity index (χ3v) is 4.08. The minimum Gasteiger partial charge on any atom is -0.497 e. The average molecular weight is 341 g/mol. The second-order valence-corrected chi connectivity index (χ2v) is 7.13. The quantitative estimate of drug-likeness (QED) is 0.854. The summed E-state index contributed by atoms with van der Waals surface area (Å²) < 4.78 is 10.6. The van der Waals surface area contributed by atoms with E-state index < -0.39 is 0 Å². The number of ether oxygens (including phenoxy) is 2. The molecule has 0 fully saturated rings. The van der Waals surface area contributed by atoms with E-state index in [1.54, 1.807) is 31.4 Å². The van der Waals surface area contributed by atoms with Crippen LogP contribution in [0.4, 0.5) is 0 Å². The molecule has 0 aliphatic heterocycles. The summed E-state index contributed by atoms with van der Waals surface area (Å²) in [6.45, 7) is 8.51. The average Bonchev–Trinajstić information content (AvgIpc) is 2.59. The maximum Gasteiger partial charge on any atom is 0.258 e. The normalized spacial score (nSPS) is 12.4. The Hall–Kier alpha value is -2.49. The molecule has 0 aliphatic carbocycles. The summed E-state index contributed by atoms with van der Waals surface area (Å²) in [5, 5.41) is 2.96. The topological polar surface area (TPSA) is 47.6 Å². The largest absolute Gasteiger partial charge is 0.497 e. The fraction of sp³-hybridized carbons (Fsp3) is 0.381. The van der Waals surface area contributed by atoms with E-state index in [1.807, 2.05) is 6.92 Å². The zero-order valence-electron chi connectivity index (χ0n) is 15.6. The number of carbonyl (C=O) groups is 1. The first-order valence-corrected chi connectivity index (χ1v) is 8.46. The zero-order chi connectivity index (χ0) is 18.4. The molecule has 0 aliphatic rings. The maximum absolute atomic E-state index is 12.1. The van der Waals surface area contributed by atoms with E-state index in [4.69, 9.17) is 9.47 Å². The lowest BCUT2D eigenvalue weighted by Crippen LogP contribution is -2.31. The first kappa shape index (κ1) is 18.8. The van der Waals surface area contributed by atoms with E-state index in [9.17, 15) is 4.79 Å².